The van der Waals surface area contributed by atoms with Gasteiger partial charge in [-0.1, -0.05) is 18.6 Å². The molecule has 1 aliphatic heterocycles. The van der Waals surface area contributed by atoms with E-state index in [1.54, 1.807) is 16.4 Å². The molecule has 1 aromatic rings. The highest BCUT2D eigenvalue weighted by atomic mass is 32.2. The lowest BCUT2D eigenvalue weighted by molar-refractivity contribution is 0.204. The van der Waals surface area contributed by atoms with Crippen molar-refractivity contribution in [3.63, 3.8) is 0 Å². The van der Waals surface area contributed by atoms with Gasteiger partial charge in [0.25, 0.3) is 0 Å². The molecular formula is C16H25NO3S. The molecule has 118 valence electrons. The lowest BCUT2D eigenvalue weighted by atomic mass is 10.0. The summed E-state index contributed by atoms with van der Waals surface area (Å²) in [7, 11) is -3.41. The lowest BCUT2D eigenvalue weighted by Crippen LogP contribution is -2.47. The van der Waals surface area contributed by atoms with Gasteiger partial charge in [-0.05, 0) is 57.2 Å². The number of aryl methyl sites for hydroxylation is 1. The number of benzene rings is 1. The molecule has 1 aromatic carbocycles. The van der Waals surface area contributed by atoms with Crippen LogP contribution in [0.25, 0.3) is 0 Å². The quantitative estimate of drug-likeness (QED) is 0.909. The molecule has 0 spiro atoms. The van der Waals surface area contributed by atoms with Crippen LogP contribution in [-0.2, 0) is 16.4 Å². The van der Waals surface area contributed by atoms with E-state index in [2.05, 4.69) is 0 Å². The van der Waals surface area contributed by atoms with E-state index in [9.17, 15) is 8.42 Å². The molecular weight excluding hydrogens is 286 g/mol. The number of aliphatic hydroxyl groups is 1. The van der Waals surface area contributed by atoms with Crippen molar-refractivity contribution in [2.45, 2.75) is 62.9 Å². The average Bonchev–Trinajstić information content (AvgIpc) is 2.45. The molecule has 2 atom stereocenters. The molecule has 2 rings (SSSR count). The van der Waals surface area contributed by atoms with E-state index < -0.39 is 10.0 Å². The fourth-order valence-corrected chi connectivity index (χ4v) is 4.99. The Morgan fingerprint density at radius 1 is 1.14 bits per heavy atom. The van der Waals surface area contributed by atoms with Crippen molar-refractivity contribution in [2.24, 2.45) is 0 Å². The minimum absolute atomic E-state index is 0.0628. The van der Waals surface area contributed by atoms with E-state index in [4.69, 9.17) is 5.11 Å². The van der Waals surface area contributed by atoms with Crippen molar-refractivity contribution in [2.75, 3.05) is 6.61 Å². The molecule has 0 saturated carbocycles. The SMILES string of the molecule is C[C@@H]1CCC[C@H](C)N1S(=O)(=O)c1ccc(CCCO)cc1. The summed E-state index contributed by atoms with van der Waals surface area (Å²) in [6.07, 6.45) is 4.42. The number of nitrogens with zero attached hydrogens (tertiary/aromatic N) is 1. The molecule has 1 N–H and O–H groups in total. The minimum atomic E-state index is -3.41. The van der Waals surface area contributed by atoms with Gasteiger partial charge in [-0.3, -0.25) is 0 Å². The Hall–Kier alpha value is -0.910. The third kappa shape index (κ3) is 3.65. The van der Waals surface area contributed by atoms with Gasteiger partial charge in [0.1, 0.15) is 0 Å². The number of hydrogen-bond acceptors (Lipinski definition) is 3. The highest BCUT2D eigenvalue weighted by Crippen LogP contribution is 2.29. The van der Waals surface area contributed by atoms with E-state index in [1.807, 2.05) is 26.0 Å². The molecule has 0 radical (unpaired) electrons. The summed E-state index contributed by atoms with van der Waals surface area (Å²) >= 11 is 0. The summed E-state index contributed by atoms with van der Waals surface area (Å²) in [5.74, 6) is 0. The molecule has 1 heterocycles. The predicted molar refractivity (Wildman–Crippen MR) is 83.6 cm³/mol. The second-order valence-corrected chi connectivity index (χ2v) is 7.78. The topological polar surface area (TPSA) is 57.6 Å². The first kappa shape index (κ1) is 16.5. The van der Waals surface area contributed by atoms with Crippen molar-refractivity contribution in [3.8, 4) is 0 Å². The van der Waals surface area contributed by atoms with Crippen molar-refractivity contribution in [3.05, 3.63) is 29.8 Å². The van der Waals surface area contributed by atoms with Gasteiger partial charge in [0.2, 0.25) is 10.0 Å². The fraction of sp³-hybridized carbons (Fsp3) is 0.625. The molecule has 0 bridgehead atoms. The van der Waals surface area contributed by atoms with Crippen LogP contribution in [0.3, 0.4) is 0 Å². The Balaban J connectivity index is 2.22. The molecule has 0 unspecified atom stereocenters. The van der Waals surface area contributed by atoms with E-state index >= 15 is 0 Å². The van der Waals surface area contributed by atoms with Crippen LogP contribution >= 0.6 is 0 Å². The summed E-state index contributed by atoms with van der Waals surface area (Å²) in [6.45, 7) is 4.13. The fourth-order valence-electron chi connectivity index (χ4n) is 3.10. The van der Waals surface area contributed by atoms with Crippen molar-refractivity contribution >= 4 is 10.0 Å². The Labute approximate surface area is 127 Å². The predicted octanol–water partition coefficient (Wildman–Crippen LogP) is 2.56. The number of rotatable bonds is 5. The van der Waals surface area contributed by atoms with Gasteiger partial charge in [-0.25, -0.2) is 8.42 Å². The highest BCUT2D eigenvalue weighted by molar-refractivity contribution is 7.89. The first-order valence-electron chi connectivity index (χ1n) is 7.70. The van der Waals surface area contributed by atoms with Crippen LogP contribution in [0, 0.1) is 0 Å². The van der Waals surface area contributed by atoms with E-state index in [1.165, 1.54) is 0 Å². The normalized spacial score (nSPS) is 24.1. The molecule has 1 aliphatic rings. The molecule has 0 amide bonds. The van der Waals surface area contributed by atoms with Gasteiger partial charge in [0.05, 0.1) is 4.90 Å². The summed E-state index contributed by atoms with van der Waals surface area (Å²) in [6, 6.07) is 7.20. The average molecular weight is 311 g/mol. The zero-order valence-corrected chi connectivity index (χ0v) is 13.6. The molecule has 1 saturated heterocycles. The van der Waals surface area contributed by atoms with E-state index in [0.717, 1.165) is 31.2 Å². The zero-order chi connectivity index (χ0) is 15.5. The van der Waals surface area contributed by atoms with E-state index in [0.29, 0.717) is 11.3 Å². The number of piperidine rings is 1. The van der Waals surface area contributed by atoms with Crippen molar-refractivity contribution in [1.29, 1.82) is 0 Å². The van der Waals surface area contributed by atoms with Crippen molar-refractivity contribution in [1.82, 2.24) is 4.31 Å². The standard InChI is InChI=1S/C16H25NO3S/c1-13-5-3-6-14(2)17(13)21(19,20)16-10-8-15(9-11-16)7-4-12-18/h8-11,13-14,18H,3-7,12H2,1-2H3/t13-,14+. The number of hydrogen-bond donors (Lipinski definition) is 1. The second-order valence-electron chi connectivity index (χ2n) is 5.94. The number of aliphatic hydroxyl groups excluding tert-OH is 1. The molecule has 21 heavy (non-hydrogen) atoms. The van der Waals surface area contributed by atoms with Crippen LogP contribution in [-0.4, -0.2) is 36.5 Å². The van der Waals surface area contributed by atoms with Crippen LogP contribution in [0.15, 0.2) is 29.2 Å². The van der Waals surface area contributed by atoms with Gasteiger partial charge in [0.15, 0.2) is 0 Å². The smallest absolute Gasteiger partial charge is 0.243 e. The zero-order valence-electron chi connectivity index (χ0n) is 12.8. The molecule has 1 fully saturated rings. The Kier molecular flexibility index (Phi) is 5.41. The summed E-state index contributed by atoms with van der Waals surface area (Å²) in [5, 5.41) is 8.84. The lowest BCUT2D eigenvalue weighted by Gasteiger charge is -2.37. The first-order chi connectivity index (χ1) is 9.96. The summed E-state index contributed by atoms with van der Waals surface area (Å²) < 4.78 is 27.3. The van der Waals surface area contributed by atoms with E-state index in [-0.39, 0.29) is 18.7 Å². The monoisotopic (exact) mass is 311 g/mol. The summed E-state index contributed by atoms with van der Waals surface area (Å²) in [5.41, 5.74) is 1.06. The van der Waals surface area contributed by atoms with Gasteiger partial charge >= 0.3 is 0 Å². The van der Waals surface area contributed by atoms with Crippen LogP contribution in [0.2, 0.25) is 0 Å². The van der Waals surface area contributed by atoms with Gasteiger partial charge in [-0.15, -0.1) is 0 Å². The van der Waals surface area contributed by atoms with Crippen LogP contribution in [0.5, 0.6) is 0 Å². The molecule has 5 heteroatoms. The third-order valence-corrected chi connectivity index (χ3v) is 6.38. The maximum atomic E-state index is 12.8. The van der Waals surface area contributed by atoms with Crippen molar-refractivity contribution < 1.29 is 13.5 Å². The molecule has 0 aliphatic carbocycles. The van der Waals surface area contributed by atoms with Crippen LogP contribution in [0.1, 0.15) is 45.1 Å². The second kappa shape index (κ2) is 6.90. The maximum Gasteiger partial charge on any atom is 0.243 e. The van der Waals surface area contributed by atoms with Crippen LogP contribution < -0.4 is 0 Å². The molecule has 0 aromatic heterocycles. The maximum absolute atomic E-state index is 12.8. The third-order valence-electron chi connectivity index (χ3n) is 4.23. The van der Waals surface area contributed by atoms with Gasteiger partial charge in [0, 0.05) is 18.7 Å². The highest BCUT2D eigenvalue weighted by Gasteiger charge is 2.35. The summed E-state index contributed by atoms with van der Waals surface area (Å²) in [4.78, 5) is 0.371. The Morgan fingerprint density at radius 2 is 1.71 bits per heavy atom. The first-order valence-corrected chi connectivity index (χ1v) is 9.14. The van der Waals surface area contributed by atoms with Crippen LogP contribution in [0.4, 0.5) is 0 Å². The minimum Gasteiger partial charge on any atom is -0.396 e. The largest absolute Gasteiger partial charge is 0.396 e. The number of sulfonamides is 1. The Bertz CT molecular complexity index is 543. The van der Waals surface area contributed by atoms with Gasteiger partial charge < -0.3 is 5.11 Å². The van der Waals surface area contributed by atoms with Gasteiger partial charge in [-0.2, -0.15) is 4.31 Å². The molecule has 4 nitrogen and oxygen atoms in total. The Morgan fingerprint density at radius 3 is 2.24 bits per heavy atom.